The van der Waals surface area contributed by atoms with E-state index in [1.165, 1.54) is 17.3 Å². The van der Waals surface area contributed by atoms with Gasteiger partial charge in [0.2, 0.25) is 11.1 Å². The third kappa shape index (κ3) is 4.95. The van der Waals surface area contributed by atoms with Gasteiger partial charge >= 0.3 is 0 Å². The molecule has 0 bridgehead atoms. The van der Waals surface area contributed by atoms with Crippen LogP contribution in [0.5, 0.6) is 0 Å². The fourth-order valence-corrected chi connectivity index (χ4v) is 3.51. The Morgan fingerprint density at radius 3 is 2.74 bits per heavy atom. The van der Waals surface area contributed by atoms with Crippen LogP contribution in [-0.2, 0) is 11.2 Å². The Kier molecular flexibility index (Phi) is 6.24. The van der Waals surface area contributed by atoms with Gasteiger partial charge in [-0.3, -0.25) is 4.79 Å². The number of aryl methyl sites for hydroxylation is 2. The van der Waals surface area contributed by atoms with E-state index in [0.29, 0.717) is 11.7 Å². The maximum atomic E-state index is 12.4. The molecule has 7 heteroatoms. The van der Waals surface area contributed by atoms with Gasteiger partial charge in [0, 0.05) is 6.54 Å². The Balaban J connectivity index is 1.61. The molecule has 0 aliphatic heterocycles. The number of hydrogen-bond acceptors (Lipinski definition) is 5. The summed E-state index contributed by atoms with van der Waals surface area (Å²) in [4.78, 5) is 12.4. The molecule has 140 valence electrons. The number of carbonyl (C=O) groups excluding carboxylic acids is 1. The predicted molar refractivity (Wildman–Crippen MR) is 107 cm³/mol. The van der Waals surface area contributed by atoms with Gasteiger partial charge in [0.25, 0.3) is 0 Å². The summed E-state index contributed by atoms with van der Waals surface area (Å²) in [5.41, 5.74) is 4.35. The molecule has 3 rings (SSSR count). The molecule has 0 saturated heterocycles. The molecule has 0 fully saturated rings. The van der Waals surface area contributed by atoms with E-state index in [2.05, 4.69) is 39.0 Å². The second-order valence-corrected chi connectivity index (χ2v) is 7.76. The van der Waals surface area contributed by atoms with Gasteiger partial charge in [0.1, 0.15) is 0 Å². The Morgan fingerprint density at radius 1 is 1.19 bits per heavy atom. The number of amides is 1. The molecule has 1 aromatic heterocycles. The topological polar surface area (TPSA) is 72.7 Å². The molecule has 1 atom stereocenters. The fourth-order valence-electron chi connectivity index (χ4n) is 2.68. The van der Waals surface area contributed by atoms with Crippen LogP contribution in [0.15, 0.2) is 53.7 Å². The standard InChI is InChI=1S/C20H23N5OS/c1-14-9-10-15(2)18(13-14)25-20(22-23-24-25)27-16(3)19(26)21-12-11-17-7-5-4-6-8-17/h4-10,13,16H,11-12H2,1-3H3,(H,21,26)/t16-/m0/s1. The molecule has 1 N–H and O–H groups in total. The molecule has 0 saturated carbocycles. The summed E-state index contributed by atoms with van der Waals surface area (Å²) >= 11 is 1.36. The Hall–Kier alpha value is -2.67. The lowest BCUT2D eigenvalue weighted by Gasteiger charge is -2.13. The first-order valence-corrected chi connectivity index (χ1v) is 9.77. The van der Waals surface area contributed by atoms with Crippen molar-refractivity contribution in [2.45, 2.75) is 37.6 Å². The quantitative estimate of drug-likeness (QED) is 0.637. The summed E-state index contributed by atoms with van der Waals surface area (Å²) in [5, 5.41) is 15.3. The molecule has 3 aromatic rings. The predicted octanol–water partition coefficient (Wildman–Crippen LogP) is 3.12. The number of aromatic nitrogens is 4. The zero-order valence-corrected chi connectivity index (χ0v) is 16.5. The number of hydrogen-bond donors (Lipinski definition) is 1. The van der Waals surface area contributed by atoms with E-state index >= 15 is 0 Å². The molecule has 2 aromatic carbocycles. The van der Waals surface area contributed by atoms with Crippen molar-refractivity contribution in [3.63, 3.8) is 0 Å². The molecule has 0 spiro atoms. The lowest BCUT2D eigenvalue weighted by atomic mass is 10.1. The van der Waals surface area contributed by atoms with Gasteiger partial charge in [0.15, 0.2) is 0 Å². The van der Waals surface area contributed by atoms with E-state index in [1.807, 2.05) is 51.1 Å². The van der Waals surface area contributed by atoms with E-state index in [1.54, 1.807) is 4.68 Å². The fraction of sp³-hybridized carbons (Fsp3) is 0.300. The molecule has 6 nitrogen and oxygen atoms in total. The highest BCUT2D eigenvalue weighted by Gasteiger charge is 2.19. The van der Waals surface area contributed by atoms with Crippen LogP contribution in [0.1, 0.15) is 23.6 Å². The Morgan fingerprint density at radius 2 is 1.96 bits per heavy atom. The minimum Gasteiger partial charge on any atom is -0.355 e. The molecule has 1 amide bonds. The Bertz CT molecular complexity index is 910. The van der Waals surface area contributed by atoms with Gasteiger partial charge in [0.05, 0.1) is 10.9 Å². The minimum atomic E-state index is -0.296. The van der Waals surface area contributed by atoms with Crippen molar-refractivity contribution in [1.82, 2.24) is 25.5 Å². The Labute approximate surface area is 163 Å². The van der Waals surface area contributed by atoms with Gasteiger partial charge in [-0.1, -0.05) is 54.2 Å². The second-order valence-electron chi connectivity index (χ2n) is 6.45. The summed E-state index contributed by atoms with van der Waals surface area (Å²) in [5.74, 6) is -0.0218. The number of nitrogens with zero attached hydrogens (tertiary/aromatic N) is 4. The highest BCUT2D eigenvalue weighted by atomic mass is 32.2. The van der Waals surface area contributed by atoms with Gasteiger partial charge in [-0.15, -0.1) is 5.10 Å². The van der Waals surface area contributed by atoms with Gasteiger partial charge < -0.3 is 5.32 Å². The summed E-state index contributed by atoms with van der Waals surface area (Å²) in [6.45, 7) is 6.52. The van der Waals surface area contributed by atoms with Crippen molar-refractivity contribution in [1.29, 1.82) is 0 Å². The smallest absolute Gasteiger partial charge is 0.233 e. The van der Waals surface area contributed by atoms with Crippen LogP contribution in [0.25, 0.3) is 5.69 Å². The van der Waals surface area contributed by atoms with Crippen molar-refractivity contribution in [2.24, 2.45) is 0 Å². The van der Waals surface area contributed by atoms with Gasteiger partial charge in [-0.2, -0.15) is 4.68 Å². The first-order valence-electron chi connectivity index (χ1n) is 8.89. The highest BCUT2D eigenvalue weighted by molar-refractivity contribution is 8.00. The van der Waals surface area contributed by atoms with Crippen LogP contribution in [0.3, 0.4) is 0 Å². The third-order valence-electron chi connectivity index (χ3n) is 4.24. The van der Waals surface area contributed by atoms with E-state index in [4.69, 9.17) is 0 Å². The maximum absolute atomic E-state index is 12.4. The molecule has 27 heavy (non-hydrogen) atoms. The number of benzene rings is 2. The minimum absolute atomic E-state index is 0.0218. The van der Waals surface area contributed by atoms with Crippen molar-refractivity contribution >= 4 is 17.7 Å². The maximum Gasteiger partial charge on any atom is 0.233 e. The number of rotatable bonds is 7. The SMILES string of the molecule is Cc1ccc(C)c(-n2nnnc2S[C@@H](C)C(=O)NCCc2ccccc2)c1. The molecular weight excluding hydrogens is 358 g/mol. The van der Waals surface area contributed by atoms with E-state index < -0.39 is 0 Å². The molecule has 0 radical (unpaired) electrons. The summed E-state index contributed by atoms with van der Waals surface area (Å²) < 4.78 is 1.70. The van der Waals surface area contributed by atoms with Gasteiger partial charge in [-0.25, -0.2) is 0 Å². The lowest BCUT2D eigenvalue weighted by molar-refractivity contribution is -0.120. The van der Waals surface area contributed by atoms with Crippen molar-refractivity contribution in [2.75, 3.05) is 6.54 Å². The van der Waals surface area contributed by atoms with Crippen LogP contribution in [-0.4, -0.2) is 37.9 Å². The van der Waals surface area contributed by atoms with E-state index in [9.17, 15) is 4.79 Å². The molecule has 0 unspecified atom stereocenters. The monoisotopic (exact) mass is 381 g/mol. The third-order valence-corrected chi connectivity index (χ3v) is 5.27. The van der Waals surface area contributed by atoms with E-state index in [-0.39, 0.29) is 11.2 Å². The van der Waals surface area contributed by atoms with E-state index in [0.717, 1.165) is 23.2 Å². The largest absolute Gasteiger partial charge is 0.355 e. The molecule has 0 aliphatic carbocycles. The number of thioether (sulfide) groups is 1. The van der Waals surface area contributed by atoms with Crippen LogP contribution < -0.4 is 5.32 Å². The summed E-state index contributed by atoms with van der Waals surface area (Å²) in [6, 6.07) is 16.2. The van der Waals surface area contributed by atoms with Gasteiger partial charge in [-0.05, 0) is 60.4 Å². The summed E-state index contributed by atoms with van der Waals surface area (Å²) in [7, 11) is 0. The first-order chi connectivity index (χ1) is 13.0. The number of nitrogens with one attached hydrogen (secondary N) is 1. The average molecular weight is 382 g/mol. The lowest BCUT2D eigenvalue weighted by Crippen LogP contribution is -2.32. The molecular formula is C20H23N5OS. The number of tetrazole rings is 1. The van der Waals surface area contributed by atoms with Crippen molar-refractivity contribution < 1.29 is 4.79 Å². The molecule has 0 aliphatic rings. The number of carbonyl (C=O) groups is 1. The van der Waals surface area contributed by atoms with Crippen LogP contribution in [0.2, 0.25) is 0 Å². The normalized spacial score (nSPS) is 12.0. The van der Waals surface area contributed by atoms with Crippen LogP contribution in [0.4, 0.5) is 0 Å². The van der Waals surface area contributed by atoms with Crippen molar-refractivity contribution in [3.8, 4) is 5.69 Å². The summed E-state index contributed by atoms with van der Waals surface area (Å²) in [6.07, 6.45) is 0.810. The highest BCUT2D eigenvalue weighted by Crippen LogP contribution is 2.24. The average Bonchev–Trinajstić information content (AvgIpc) is 3.12. The molecule has 1 heterocycles. The zero-order valence-electron chi connectivity index (χ0n) is 15.7. The second kappa shape index (κ2) is 8.81. The van der Waals surface area contributed by atoms with Crippen LogP contribution in [0, 0.1) is 13.8 Å². The zero-order chi connectivity index (χ0) is 19.2. The first kappa shape index (κ1) is 19.1. The van der Waals surface area contributed by atoms with Crippen LogP contribution >= 0.6 is 11.8 Å². The van der Waals surface area contributed by atoms with Crippen molar-refractivity contribution in [3.05, 3.63) is 65.2 Å².